The standard InChI is InChI=1S/C21H22O3/c1-15(2)8-7-12-21(3)13-11-17-19(24-21)14-18(23-20(17)22)16-9-5-4-6-10-16/h4-6,8-11,13-14H,7,12H2,1-3H3. The van der Waals surface area contributed by atoms with Gasteiger partial charge in [0.15, 0.2) is 0 Å². The molecule has 2 heterocycles. The molecule has 0 saturated heterocycles. The van der Waals surface area contributed by atoms with Gasteiger partial charge in [0.1, 0.15) is 22.7 Å². The van der Waals surface area contributed by atoms with E-state index in [9.17, 15) is 4.79 Å². The van der Waals surface area contributed by atoms with Crippen LogP contribution in [-0.4, -0.2) is 5.60 Å². The molecule has 124 valence electrons. The van der Waals surface area contributed by atoms with Crippen molar-refractivity contribution in [3.63, 3.8) is 0 Å². The quantitative estimate of drug-likeness (QED) is 0.725. The van der Waals surface area contributed by atoms with Crippen molar-refractivity contribution in [2.75, 3.05) is 0 Å². The first kappa shape index (κ1) is 16.3. The summed E-state index contributed by atoms with van der Waals surface area (Å²) in [5, 5.41) is 0. The van der Waals surface area contributed by atoms with E-state index in [2.05, 4.69) is 19.9 Å². The molecule has 1 aromatic carbocycles. The molecule has 1 atom stereocenters. The summed E-state index contributed by atoms with van der Waals surface area (Å²) in [4.78, 5) is 12.3. The van der Waals surface area contributed by atoms with Crippen molar-refractivity contribution in [2.45, 2.75) is 39.2 Å². The Morgan fingerprint density at radius 3 is 2.67 bits per heavy atom. The smallest absolute Gasteiger partial charge is 0.347 e. The van der Waals surface area contributed by atoms with Gasteiger partial charge in [-0.1, -0.05) is 42.0 Å². The fourth-order valence-electron chi connectivity index (χ4n) is 2.79. The van der Waals surface area contributed by atoms with Crippen molar-refractivity contribution in [3.05, 3.63) is 70.1 Å². The minimum Gasteiger partial charge on any atom is -0.482 e. The number of hydrogen-bond acceptors (Lipinski definition) is 3. The molecule has 0 spiro atoms. The van der Waals surface area contributed by atoms with E-state index in [1.807, 2.05) is 55.5 Å². The van der Waals surface area contributed by atoms with E-state index in [0.29, 0.717) is 17.1 Å². The lowest BCUT2D eigenvalue weighted by Crippen LogP contribution is -2.33. The zero-order valence-corrected chi connectivity index (χ0v) is 14.3. The van der Waals surface area contributed by atoms with Gasteiger partial charge in [0.05, 0.1) is 0 Å². The highest BCUT2D eigenvalue weighted by Crippen LogP contribution is 2.34. The van der Waals surface area contributed by atoms with Crippen LogP contribution in [0.3, 0.4) is 0 Å². The van der Waals surface area contributed by atoms with Gasteiger partial charge >= 0.3 is 5.63 Å². The molecule has 0 aliphatic carbocycles. The van der Waals surface area contributed by atoms with Gasteiger partial charge in [-0.2, -0.15) is 0 Å². The van der Waals surface area contributed by atoms with E-state index in [0.717, 1.165) is 18.4 Å². The van der Waals surface area contributed by atoms with Crippen LogP contribution in [0.15, 0.2) is 63.3 Å². The van der Waals surface area contributed by atoms with Crippen LogP contribution in [0, 0.1) is 0 Å². The molecule has 0 radical (unpaired) electrons. The third kappa shape index (κ3) is 3.51. The summed E-state index contributed by atoms with van der Waals surface area (Å²) < 4.78 is 11.6. The van der Waals surface area contributed by atoms with Crippen LogP contribution in [0.2, 0.25) is 0 Å². The first-order valence-corrected chi connectivity index (χ1v) is 8.22. The van der Waals surface area contributed by atoms with Crippen molar-refractivity contribution < 1.29 is 9.15 Å². The van der Waals surface area contributed by atoms with Crippen molar-refractivity contribution >= 4 is 6.08 Å². The van der Waals surface area contributed by atoms with E-state index >= 15 is 0 Å². The van der Waals surface area contributed by atoms with Gasteiger partial charge in [-0.25, -0.2) is 4.79 Å². The highest BCUT2D eigenvalue weighted by Gasteiger charge is 2.28. The minimum absolute atomic E-state index is 0.367. The van der Waals surface area contributed by atoms with Crippen LogP contribution < -0.4 is 10.4 Å². The van der Waals surface area contributed by atoms with Crippen LogP contribution >= 0.6 is 0 Å². The zero-order valence-electron chi connectivity index (χ0n) is 14.3. The average molecular weight is 322 g/mol. The summed E-state index contributed by atoms with van der Waals surface area (Å²) in [6, 6.07) is 11.4. The van der Waals surface area contributed by atoms with Gasteiger partial charge in [0, 0.05) is 11.6 Å². The largest absolute Gasteiger partial charge is 0.482 e. The second-order valence-corrected chi connectivity index (χ2v) is 6.61. The number of ether oxygens (including phenoxy) is 1. The van der Waals surface area contributed by atoms with Gasteiger partial charge in [0.25, 0.3) is 0 Å². The average Bonchev–Trinajstić information content (AvgIpc) is 2.54. The first-order valence-electron chi connectivity index (χ1n) is 8.22. The number of allylic oxidation sites excluding steroid dienone is 2. The molecule has 0 saturated carbocycles. The van der Waals surface area contributed by atoms with Crippen LogP contribution in [0.25, 0.3) is 17.4 Å². The topological polar surface area (TPSA) is 39.4 Å². The normalized spacial score (nSPS) is 18.6. The molecule has 3 rings (SSSR count). The van der Waals surface area contributed by atoms with Gasteiger partial charge in [-0.15, -0.1) is 0 Å². The molecule has 0 bridgehead atoms. The van der Waals surface area contributed by atoms with E-state index in [4.69, 9.17) is 9.15 Å². The van der Waals surface area contributed by atoms with Crippen LogP contribution in [0.4, 0.5) is 0 Å². The maximum absolute atomic E-state index is 12.3. The highest BCUT2D eigenvalue weighted by molar-refractivity contribution is 5.65. The molecule has 0 fully saturated rings. The van der Waals surface area contributed by atoms with E-state index in [1.165, 1.54) is 5.57 Å². The molecular formula is C21H22O3. The third-order valence-corrected chi connectivity index (χ3v) is 4.15. The molecule has 2 aromatic rings. The Kier molecular flexibility index (Phi) is 4.43. The van der Waals surface area contributed by atoms with Gasteiger partial charge in [-0.05, 0) is 45.8 Å². The Bertz CT molecular complexity index is 839. The summed E-state index contributed by atoms with van der Waals surface area (Å²) in [5.74, 6) is 1.12. The Balaban J connectivity index is 1.92. The summed E-state index contributed by atoms with van der Waals surface area (Å²) in [6.45, 7) is 6.22. The van der Waals surface area contributed by atoms with Gasteiger partial charge in [-0.3, -0.25) is 0 Å². The lowest BCUT2D eigenvalue weighted by atomic mass is 9.95. The maximum atomic E-state index is 12.3. The minimum atomic E-state index is -0.416. The van der Waals surface area contributed by atoms with Crippen molar-refractivity contribution in [1.82, 2.24) is 0 Å². The predicted octanol–water partition coefficient (Wildman–Crippen LogP) is 5.22. The first-order chi connectivity index (χ1) is 11.5. The van der Waals surface area contributed by atoms with Crippen LogP contribution in [0.1, 0.15) is 39.2 Å². The fraction of sp³-hybridized carbons (Fsp3) is 0.286. The molecule has 1 aliphatic rings. The molecule has 1 aromatic heterocycles. The molecule has 0 amide bonds. The van der Waals surface area contributed by atoms with E-state index in [1.54, 1.807) is 0 Å². The maximum Gasteiger partial charge on any atom is 0.347 e. The van der Waals surface area contributed by atoms with Gasteiger partial charge in [0.2, 0.25) is 0 Å². The molecule has 1 unspecified atom stereocenters. The van der Waals surface area contributed by atoms with Crippen LogP contribution in [-0.2, 0) is 0 Å². The van der Waals surface area contributed by atoms with Crippen molar-refractivity contribution in [1.29, 1.82) is 0 Å². The van der Waals surface area contributed by atoms with E-state index in [-0.39, 0.29) is 5.63 Å². The van der Waals surface area contributed by atoms with Crippen LogP contribution in [0.5, 0.6) is 5.75 Å². The zero-order chi connectivity index (χ0) is 17.2. The Labute approximate surface area is 142 Å². The predicted molar refractivity (Wildman–Crippen MR) is 97.1 cm³/mol. The Morgan fingerprint density at radius 2 is 1.96 bits per heavy atom. The summed E-state index contributed by atoms with van der Waals surface area (Å²) in [7, 11) is 0. The molecule has 3 nitrogen and oxygen atoms in total. The lowest BCUT2D eigenvalue weighted by Gasteiger charge is -2.31. The number of hydrogen-bond donors (Lipinski definition) is 0. The Morgan fingerprint density at radius 1 is 1.21 bits per heavy atom. The Hall–Kier alpha value is -2.55. The van der Waals surface area contributed by atoms with E-state index < -0.39 is 5.60 Å². The number of rotatable bonds is 4. The molecule has 3 heteroatoms. The number of benzene rings is 1. The summed E-state index contributed by atoms with van der Waals surface area (Å²) in [6.07, 6.45) is 7.77. The van der Waals surface area contributed by atoms with Gasteiger partial charge < -0.3 is 9.15 Å². The highest BCUT2D eigenvalue weighted by atomic mass is 16.5. The fourth-order valence-corrected chi connectivity index (χ4v) is 2.79. The molecular weight excluding hydrogens is 300 g/mol. The lowest BCUT2D eigenvalue weighted by molar-refractivity contribution is 0.127. The van der Waals surface area contributed by atoms with Crippen molar-refractivity contribution in [2.24, 2.45) is 0 Å². The molecule has 24 heavy (non-hydrogen) atoms. The monoisotopic (exact) mass is 322 g/mol. The number of fused-ring (bicyclic) bond motifs is 1. The summed E-state index contributed by atoms with van der Waals surface area (Å²) in [5.41, 5.74) is 1.86. The summed E-state index contributed by atoms with van der Waals surface area (Å²) >= 11 is 0. The van der Waals surface area contributed by atoms with Crippen molar-refractivity contribution in [3.8, 4) is 17.1 Å². The SMILES string of the molecule is CC(C)=CCCC1(C)C=Cc2c(cc(-c3ccccc3)oc2=O)O1. The molecule has 0 N–H and O–H groups in total. The second-order valence-electron chi connectivity index (χ2n) is 6.61. The third-order valence-electron chi connectivity index (χ3n) is 4.15. The molecule has 1 aliphatic heterocycles. The second kappa shape index (κ2) is 6.52.